The van der Waals surface area contributed by atoms with Gasteiger partial charge in [-0.1, -0.05) is 91.0 Å². The van der Waals surface area contributed by atoms with Crippen molar-refractivity contribution in [1.29, 1.82) is 0 Å². The molecule has 3 aromatic rings. The molecule has 7 aliphatic heterocycles. The molecule has 4 N–H and O–H groups in total. The first-order valence-electron chi connectivity index (χ1n) is 23.8. The number of nitrogens with zero attached hydrogens (tertiary/aromatic N) is 3. The summed E-state index contributed by atoms with van der Waals surface area (Å²) in [6, 6.07) is 31.0. The number of piperidine rings is 3. The maximum Gasteiger partial charge on any atom is 1.00 e. The van der Waals surface area contributed by atoms with Crippen LogP contribution in [0.25, 0.3) is 0 Å². The van der Waals surface area contributed by atoms with Crippen LogP contribution < -0.4 is 35.3 Å². The van der Waals surface area contributed by atoms with Crippen molar-refractivity contribution in [3.63, 3.8) is 0 Å². The number of nitrogens with two attached hydrogens (primary N) is 1. The van der Waals surface area contributed by atoms with Gasteiger partial charge in [-0.15, -0.1) is 0 Å². The topological polar surface area (TPSA) is 174 Å². The van der Waals surface area contributed by atoms with Gasteiger partial charge in [0.25, 0.3) is 0 Å². The number of aliphatic hydroxyl groups excluding tert-OH is 2. The number of hydrogen-bond donors (Lipinski definition) is 3. The quantitative estimate of drug-likeness (QED) is 0.315. The first-order valence-corrected chi connectivity index (χ1v) is 23.8. The van der Waals surface area contributed by atoms with Crippen molar-refractivity contribution >= 4 is 26.1 Å². The third-order valence-corrected chi connectivity index (χ3v) is 12.8. The molecule has 6 bridgehead atoms. The summed E-state index contributed by atoms with van der Waals surface area (Å²) < 4.78 is 26.6. The molecular formula is C52H75BN4NaO10. The fraction of sp³-hybridized carbons (Fsp3) is 0.596. The Bertz CT molecular complexity index is 1870. The predicted octanol–water partition coefficient (Wildman–Crippen LogP) is 1.57. The Morgan fingerprint density at radius 1 is 0.618 bits per heavy atom. The molecule has 6 atom stereocenters. The van der Waals surface area contributed by atoms with Gasteiger partial charge in [-0.3, -0.25) is 19.4 Å². The number of amides is 1. The summed E-state index contributed by atoms with van der Waals surface area (Å²) in [5, 5.41) is 20.0. The van der Waals surface area contributed by atoms with Gasteiger partial charge < -0.3 is 46.0 Å². The number of likely N-dealkylation sites (tertiary alicyclic amines) is 3. The minimum Gasteiger partial charge on any atom is -1.00 e. The zero-order chi connectivity index (χ0) is 46.9. The smallest absolute Gasteiger partial charge is 1.00 e. The standard InChI is InChI=1S/C14H19NO2.C14H17NO2.C12H21NO4.C7H9N.C5H8O2.B.Na.H/c2*16-14-12-7-15(8-13(14)10-17-9-12)6-11-4-2-1-3-5-11;1-12(2,3)17-11(15)13-4-8-6-16-7-9(5-13)10(8)14;8-6-7-4-2-1-3-5-7;6-5-1-3-7-4-2-5;;;/h1-5,12-14,16H,6-10H2;1-5,12-13H,6-10H2;8-10,14H,4-7H2,1-3H3;1-5H,6,8H2;1-4H2;;;/q;;;;;;+1;-1. The van der Waals surface area contributed by atoms with E-state index in [0.29, 0.717) is 109 Å². The number of benzene rings is 3. The van der Waals surface area contributed by atoms with Gasteiger partial charge in [0, 0.05) is 104 Å². The van der Waals surface area contributed by atoms with E-state index in [1.807, 2.05) is 63.2 Å². The number of ether oxygens (including phenoxy) is 5. The van der Waals surface area contributed by atoms with Crippen LogP contribution >= 0.6 is 0 Å². The van der Waals surface area contributed by atoms with Crippen LogP contribution in [0.2, 0.25) is 0 Å². The van der Waals surface area contributed by atoms with Crippen molar-refractivity contribution in [2.75, 3.05) is 92.1 Å². The van der Waals surface area contributed by atoms with Gasteiger partial charge in [-0.2, -0.15) is 0 Å². The van der Waals surface area contributed by atoms with Crippen LogP contribution in [0.3, 0.4) is 0 Å². The maximum absolute atomic E-state index is 11.9. The Morgan fingerprint density at radius 3 is 1.37 bits per heavy atom. The number of carbonyl (C=O) groups is 3. The monoisotopic (exact) mass is 950 g/mol. The summed E-state index contributed by atoms with van der Waals surface area (Å²) in [5.41, 5.74) is 8.73. The van der Waals surface area contributed by atoms with E-state index in [1.165, 1.54) is 16.7 Å². The molecule has 367 valence electrons. The minimum absolute atomic E-state index is 0. The Balaban J connectivity index is 0.000000234. The fourth-order valence-corrected chi connectivity index (χ4v) is 9.39. The first-order chi connectivity index (χ1) is 31.8. The summed E-state index contributed by atoms with van der Waals surface area (Å²) in [7, 11) is 0. The van der Waals surface area contributed by atoms with Crippen molar-refractivity contribution in [2.24, 2.45) is 41.2 Å². The second kappa shape index (κ2) is 29.4. The number of hydrogen-bond acceptors (Lipinski definition) is 13. The van der Waals surface area contributed by atoms with Crippen molar-refractivity contribution in [2.45, 2.75) is 71.1 Å². The molecule has 10 rings (SSSR count). The SMILES string of the molecule is CC(C)(C)OC(=O)N1CC2COCC(C1)C2O.NCc1ccccc1.O=C1C2COCC1CN(Cc1ccccc1)C2.O=C1CCOCC1.OC1C2COCC1CN(Cc1ccccc1)C2.[B].[H-].[Na+]. The van der Waals surface area contributed by atoms with Crippen molar-refractivity contribution in [3.05, 3.63) is 108 Å². The maximum atomic E-state index is 11.9. The molecule has 7 fully saturated rings. The van der Waals surface area contributed by atoms with E-state index in [2.05, 4.69) is 58.3 Å². The molecule has 14 nitrogen and oxygen atoms in total. The van der Waals surface area contributed by atoms with Gasteiger partial charge in [-0.05, 0) is 37.5 Å². The zero-order valence-electron chi connectivity index (χ0n) is 41.9. The molecule has 7 heterocycles. The van der Waals surface area contributed by atoms with E-state index in [1.54, 1.807) is 4.90 Å². The van der Waals surface area contributed by atoms with Gasteiger partial charge in [-0.25, -0.2) is 4.79 Å². The normalized spacial score (nSPS) is 27.5. The molecule has 0 aliphatic carbocycles. The number of rotatable bonds is 5. The molecule has 68 heavy (non-hydrogen) atoms. The zero-order valence-corrected chi connectivity index (χ0v) is 42.9. The molecule has 3 aromatic carbocycles. The third kappa shape index (κ3) is 18.6. The summed E-state index contributed by atoms with van der Waals surface area (Å²) in [6.45, 7) is 17.8. The average Bonchev–Trinajstić information content (AvgIpc) is 3.29. The molecule has 0 spiro atoms. The second-order valence-electron chi connectivity index (χ2n) is 19.5. The van der Waals surface area contributed by atoms with E-state index in [9.17, 15) is 24.6 Å². The van der Waals surface area contributed by atoms with E-state index < -0.39 is 5.60 Å². The number of carbonyl (C=O) groups excluding carboxylic acids is 3. The van der Waals surface area contributed by atoms with Gasteiger partial charge in [0.15, 0.2) is 0 Å². The van der Waals surface area contributed by atoms with Gasteiger partial charge in [0.1, 0.15) is 17.2 Å². The van der Waals surface area contributed by atoms with Crippen LogP contribution in [0, 0.1) is 35.5 Å². The Labute approximate surface area is 429 Å². The Kier molecular flexibility index (Phi) is 24.8. The summed E-state index contributed by atoms with van der Waals surface area (Å²) >= 11 is 0. The van der Waals surface area contributed by atoms with Crippen LogP contribution in [-0.2, 0) is 52.9 Å². The average molecular weight is 950 g/mol. The van der Waals surface area contributed by atoms with Crippen LogP contribution in [-0.4, -0.2) is 161 Å². The Hall–Kier alpha value is -3.03. The van der Waals surface area contributed by atoms with Gasteiger partial charge in [0.2, 0.25) is 0 Å². The number of fused-ring (bicyclic) bond motifs is 6. The summed E-state index contributed by atoms with van der Waals surface area (Å²) in [5.74, 6) is 1.60. The molecular weight excluding hydrogens is 874 g/mol. The van der Waals surface area contributed by atoms with Crippen LogP contribution in [0.15, 0.2) is 91.0 Å². The van der Waals surface area contributed by atoms with E-state index in [4.69, 9.17) is 29.4 Å². The predicted molar refractivity (Wildman–Crippen MR) is 258 cm³/mol. The number of Topliss-reactive ketones (excluding diaryl/α,β-unsaturated/α-hetero) is 2. The van der Waals surface area contributed by atoms with Crippen molar-refractivity contribution < 1.29 is 79.3 Å². The Morgan fingerprint density at radius 2 is 1.00 bits per heavy atom. The van der Waals surface area contributed by atoms with Gasteiger partial charge >= 0.3 is 35.7 Å². The van der Waals surface area contributed by atoms with Crippen molar-refractivity contribution in [3.8, 4) is 0 Å². The molecule has 0 aromatic heterocycles. The largest absolute Gasteiger partial charge is 1.00 e. The third-order valence-electron chi connectivity index (χ3n) is 12.8. The van der Waals surface area contributed by atoms with E-state index >= 15 is 0 Å². The van der Waals surface area contributed by atoms with Crippen LogP contribution in [0.4, 0.5) is 4.79 Å². The molecule has 16 heteroatoms. The van der Waals surface area contributed by atoms with E-state index in [-0.39, 0.29) is 81.4 Å². The second-order valence-corrected chi connectivity index (χ2v) is 19.5. The van der Waals surface area contributed by atoms with Gasteiger partial charge in [0.05, 0.1) is 76.9 Å². The fourth-order valence-electron chi connectivity index (χ4n) is 9.39. The van der Waals surface area contributed by atoms with Crippen LogP contribution in [0.5, 0.6) is 0 Å². The summed E-state index contributed by atoms with van der Waals surface area (Å²) in [6.07, 6.45) is 0.458. The molecule has 7 saturated heterocycles. The molecule has 3 radical (unpaired) electrons. The minimum atomic E-state index is -0.473. The molecule has 6 unspecified atom stereocenters. The van der Waals surface area contributed by atoms with Crippen LogP contribution in [0.1, 0.15) is 51.7 Å². The molecule has 0 saturated carbocycles. The summed E-state index contributed by atoms with van der Waals surface area (Å²) in [4.78, 5) is 40.7. The van der Waals surface area contributed by atoms with Crippen molar-refractivity contribution in [1.82, 2.24) is 14.7 Å². The first kappa shape index (κ1) is 57.6. The van der Waals surface area contributed by atoms with E-state index in [0.717, 1.165) is 39.3 Å². The number of ketones is 2. The molecule has 7 aliphatic rings. The molecule has 1 amide bonds. The number of aliphatic hydroxyl groups is 2.